The number of halogens is 1. The van der Waals surface area contributed by atoms with Crippen LogP contribution in [0.2, 0.25) is 0 Å². The quantitative estimate of drug-likeness (QED) is 0.874. The Kier molecular flexibility index (Phi) is 5.11. The molecular formula is C18H24ClN5O. The van der Waals surface area contributed by atoms with Crippen LogP contribution in [0.1, 0.15) is 37.9 Å². The molecule has 5 atom stereocenters. The van der Waals surface area contributed by atoms with Crippen molar-refractivity contribution < 1.29 is 4.79 Å². The number of para-hydroxylation sites is 1. The molecule has 0 aliphatic heterocycles. The molecule has 134 valence electrons. The average Bonchev–Trinajstić information content (AvgIpc) is 3.31. The first-order valence-corrected chi connectivity index (χ1v) is 8.67. The van der Waals surface area contributed by atoms with E-state index in [1.807, 2.05) is 43.5 Å². The van der Waals surface area contributed by atoms with Crippen LogP contribution >= 0.6 is 12.4 Å². The molecule has 2 aliphatic carbocycles. The van der Waals surface area contributed by atoms with E-state index < -0.39 is 0 Å². The molecule has 1 aromatic carbocycles. The molecule has 0 radical (unpaired) electrons. The Balaban J connectivity index is 0.00000182. The predicted molar refractivity (Wildman–Crippen MR) is 97.5 cm³/mol. The third-order valence-electron chi connectivity index (χ3n) is 5.62. The van der Waals surface area contributed by atoms with Crippen molar-refractivity contribution in [3.63, 3.8) is 0 Å². The number of aromatic nitrogens is 3. The Morgan fingerprint density at radius 3 is 2.68 bits per heavy atom. The smallest absolute Gasteiger partial charge is 0.225 e. The number of nitrogens with zero attached hydrogens (tertiary/aromatic N) is 3. The minimum Gasteiger partial charge on any atom is -0.348 e. The highest BCUT2D eigenvalue weighted by molar-refractivity contribution is 5.85. The molecule has 0 spiro atoms. The minimum absolute atomic E-state index is 0. The van der Waals surface area contributed by atoms with Crippen LogP contribution < -0.4 is 11.1 Å². The molecule has 1 amide bonds. The van der Waals surface area contributed by atoms with Crippen LogP contribution in [-0.2, 0) is 4.79 Å². The number of hydrogen-bond donors (Lipinski definition) is 2. The SMILES string of the molecule is CC(NC(=O)C1C2CCC(C2)C1N)c1cn(-c2ccccc2)nn1.Cl. The standard InChI is InChI=1S/C18H23N5O.ClH/c1-11(15-10-23(22-21-15)14-5-3-2-4-6-14)20-18(24)16-12-7-8-13(9-12)17(16)19;/h2-6,10-13,16-17H,7-9,19H2,1H3,(H,20,24);1H. The van der Waals surface area contributed by atoms with Crippen molar-refractivity contribution in [2.75, 3.05) is 0 Å². The summed E-state index contributed by atoms with van der Waals surface area (Å²) in [6.45, 7) is 1.94. The molecule has 2 aromatic rings. The van der Waals surface area contributed by atoms with Crippen LogP contribution in [0, 0.1) is 17.8 Å². The molecule has 1 aromatic heterocycles. The van der Waals surface area contributed by atoms with Gasteiger partial charge in [0.05, 0.1) is 23.8 Å². The largest absolute Gasteiger partial charge is 0.348 e. The van der Waals surface area contributed by atoms with Gasteiger partial charge in [0, 0.05) is 6.04 Å². The van der Waals surface area contributed by atoms with Crippen molar-refractivity contribution in [2.24, 2.45) is 23.5 Å². The number of nitrogens with one attached hydrogen (secondary N) is 1. The highest BCUT2D eigenvalue weighted by Gasteiger charge is 2.49. The zero-order valence-electron chi connectivity index (χ0n) is 14.2. The zero-order valence-corrected chi connectivity index (χ0v) is 15.0. The van der Waals surface area contributed by atoms with Gasteiger partial charge in [-0.1, -0.05) is 23.4 Å². The Hall–Kier alpha value is -1.92. The average molecular weight is 362 g/mol. The predicted octanol–water partition coefficient (Wildman–Crippen LogP) is 2.24. The fraction of sp³-hybridized carbons (Fsp3) is 0.500. The van der Waals surface area contributed by atoms with Crippen LogP contribution in [0.5, 0.6) is 0 Å². The number of fused-ring (bicyclic) bond motifs is 2. The maximum atomic E-state index is 12.7. The second-order valence-electron chi connectivity index (χ2n) is 7.09. The molecule has 2 fully saturated rings. The Bertz CT molecular complexity index is 732. The molecule has 3 N–H and O–H groups in total. The Morgan fingerprint density at radius 2 is 2.00 bits per heavy atom. The number of rotatable bonds is 4. The zero-order chi connectivity index (χ0) is 16.7. The molecule has 0 saturated heterocycles. The fourth-order valence-electron chi connectivity index (χ4n) is 4.29. The molecule has 6 nitrogen and oxygen atoms in total. The molecule has 5 unspecified atom stereocenters. The van der Waals surface area contributed by atoms with Gasteiger partial charge in [0.2, 0.25) is 5.91 Å². The van der Waals surface area contributed by atoms with E-state index in [-0.39, 0.29) is 36.3 Å². The first kappa shape index (κ1) is 17.9. The number of nitrogens with two attached hydrogens (primary N) is 1. The van der Waals surface area contributed by atoms with Gasteiger partial charge in [-0.3, -0.25) is 4.79 Å². The Labute approximate surface area is 153 Å². The second-order valence-corrected chi connectivity index (χ2v) is 7.09. The van der Waals surface area contributed by atoms with E-state index in [9.17, 15) is 4.79 Å². The van der Waals surface area contributed by atoms with Gasteiger partial charge >= 0.3 is 0 Å². The van der Waals surface area contributed by atoms with Crippen molar-refractivity contribution in [2.45, 2.75) is 38.3 Å². The van der Waals surface area contributed by atoms with E-state index in [2.05, 4.69) is 15.6 Å². The first-order valence-electron chi connectivity index (χ1n) is 8.67. The van der Waals surface area contributed by atoms with Gasteiger partial charge in [0.25, 0.3) is 0 Å². The number of carbonyl (C=O) groups excluding carboxylic acids is 1. The lowest BCUT2D eigenvalue weighted by atomic mass is 9.84. The summed E-state index contributed by atoms with van der Waals surface area (Å²) in [6, 6.07) is 9.64. The van der Waals surface area contributed by atoms with E-state index in [1.165, 1.54) is 6.42 Å². The summed E-state index contributed by atoms with van der Waals surface area (Å²) in [7, 11) is 0. The van der Waals surface area contributed by atoms with Crippen molar-refractivity contribution in [1.82, 2.24) is 20.3 Å². The lowest BCUT2D eigenvalue weighted by Crippen LogP contribution is -2.45. The van der Waals surface area contributed by atoms with Crippen molar-refractivity contribution in [1.29, 1.82) is 0 Å². The lowest BCUT2D eigenvalue weighted by Gasteiger charge is -2.28. The van der Waals surface area contributed by atoms with Gasteiger partial charge in [-0.05, 0) is 50.2 Å². The highest BCUT2D eigenvalue weighted by atomic mass is 35.5. The van der Waals surface area contributed by atoms with E-state index in [0.29, 0.717) is 11.8 Å². The summed E-state index contributed by atoms with van der Waals surface area (Å²) in [4.78, 5) is 12.7. The van der Waals surface area contributed by atoms with Crippen LogP contribution in [0.3, 0.4) is 0 Å². The first-order chi connectivity index (χ1) is 11.6. The van der Waals surface area contributed by atoms with E-state index >= 15 is 0 Å². The second kappa shape index (κ2) is 7.14. The van der Waals surface area contributed by atoms with Crippen molar-refractivity contribution in [3.05, 3.63) is 42.2 Å². The number of amides is 1. The summed E-state index contributed by atoms with van der Waals surface area (Å²) in [6.07, 6.45) is 5.28. The number of hydrogen-bond acceptors (Lipinski definition) is 4. The number of benzene rings is 1. The van der Waals surface area contributed by atoms with Gasteiger partial charge < -0.3 is 11.1 Å². The molecule has 1 heterocycles. The van der Waals surface area contributed by atoms with Crippen molar-refractivity contribution >= 4 is 18.3 Å². The highest BCUT2D eigenvalue weighted by Crippen LogP contribution is 2.47. The Morgan fingerprint density at radius 1 is 1.28 bits per heavy atom. The normalized spacial score (nSPS) is 28.4. The van der Waals surface area contributed by atoms with Gasteiger partial charge in [-0.25, -0.2) is 4.68 Å². The van der Waals surface area contributed by atoms with Gasteiger partial charge in [-0.2, -0.15) is 0 Å². The molecule has 2 bridgehead atoms. The summed E-state index contributed by atoms with van der Waals surface area (Å²) in [5, 5.41) is 11.4. The van der Waals surface area contributed by atoms with Crippen LogP contribution in [0.4, 0.5) is 0 Å². The maximum absolute atomic E-state index is 12.7. The summed E-state index contributed by atoms with van der Waals surface area (Å²) < 4.78 is 1.72. The lowest BCUT2D eigenvalue weighted by molar-refractivity contribution is -0.127. The van der Waals surface area contributed by atoms with Crippen LogP contribution in [0.15, 0.2) is 36.5 Å². The number of carbonyl (C=O) groups is 1. The fourth-order valence-corrected chi connectivity index (χ4v) is 4.29. The minimum atomic E-state index is -0.179. The third-order valence-corrected chi connectivity index (χ3v) is 5.62. The van der Waals surface area contributed by atoms with Crippen LogP contribution in [0.25, 0.3) is 5.69 Å². The van der Waals surface area contributed by atoms with Crippen LogP contribution in [-0.4, -0.2) is 26.9 Å². The third kappa shape index (κ3) is 3.28. The van der Waals surface area contributed by atoms with Crippen molar-refractivity contribution in [3.8, 4) is 5.69 Å². The van der Waals surface area contributed by atoms with E-state index in [4.69, 9.17) is 5.73 Å². The summed E-state index contributed by atoms with van der Waals surface area (Å²) in [5.41, 5.74) is 7.97. The van der Waals surface area contributed by atoms with Gasteiger partial charge in [-0.15, -0.1) is 17.5 Å². The van der Waals surface area contributed by atoms with E-state index in [0.717, 1.165) is 24.2 Å². The molecule has 7 heteroatoms. The summed E-state index contributed by atoms with van der Waals surface area (Å²) in [5.74, 6) is 1.00. The molecular weight excluding hydrogens is 338 g/mol. The van der Waals surface area contributed by atoms with Gasteiger partial charge in [0.1, 0.15) is 5.69 Å². The molecule has 2 saturated carbocycles. The molecule has 25 heavy (non-hydrogen) atoms. The molecule has 2 aliphatic rings. The van der Waals surface area contributed by atoms with Gasteiger partial charge in [0.15, 0.2) is 0 Å². The molecule has 4 rings (SSSR count). The maximum Gasteiger partial charge on any atom is 0.225 e. The monoisotopic (exact) mass is 361 g/mol. The summed E-state index contributed by atoms with van der Waals surface area (Å²) >= 11 is 0. The topological polar surface area (TPSA) is 85.8 Å². The van der Waals surface area contributed by atoms with E-state index in [1.54, 1.807) is 4.68 Å².